The molecule has 0 spiro atoms. The highest BCUT2D eigenvalue weighted by molar-refractivity contribution is 7.09. The first-order chi connectivity index (χ1) is 8.08. The Morgan fingerprint density at radius 2 is 2.35 bits per heavy atom. The highest BCUT2D eigenvalue weighted by Crippen LogP contribution is 2.23. The molecule has 0 radical (unpaired) electrons. The summed E-state index contributed by atoms with van der Waals surface area (Å²) < 4.78 is 0. The molecule has 5 nitrogen and oxygen atoms in total. The topological polar surface area (TPSA) is 70.7 Å². The summed E-state index contributed by atoms with van der Waals surface area (Å²) in [7, 11) is 0. The molecule has 2 N–H and O–H groups in total. The molecule has 0 aliphatic carbocycles. The molecule has 0 saturated heterocycles. The molecule has 2 aromatic heterocycles. The van der Waals surface area contributed by atoms with Crippen molar-refractivity contribution in [3.8, 4) is 0 Å². The van der Waals surface area contributed by atoms with Crippen LogP contribution in [0.4, 0.5) is 5.82 Å². The van der Waals surface area contributed by atoms with Crippen LogP contribution >= 0.6 is 22.9 Å². The summed E-state index contributed by atoms with van der Waals surface area (Å²) in [5.74, 6) is 0.371. The van der Waals surface area contributed by atoms with Gasteiger partial charge in [0.2, 0.25) is 0 Å². The molecule has 0 saturated carbocycles. The van der Waals surface area contributed by atoms with Crippen molar-refractivity contribution in [3.05, 3.63) is 37.8 Å². The minimum Gasteiger partial charge on any atom is -0.360 e. The summed E-state index contributed by atoms with van der Waals surface area (Å²) in [6.07, 6.45) is 1.32. The lowest BCUT2D eigenvalue weighted by atomic mass is 10.3. The van der Waals surface area contributed by atoms with Crippen molar-refractivity contribution in [1.29, 1.82) is 0 Å². The lowest BCUT2D eigenvalue weighted by Crippen LogP contribution is -2.14. The van der Waals surface area contributed by atoms with E-state index >= 15 is 0 Å². The number of aryl methyl sites for hydroxylation is 1. The Bertz CT molecular complexity index is 580. The van der Waals surface area contributed by atoms with Gasteiger partial charge in [0.15, 0.2) is 5.82 Å². The van der Waals surface area contributed by atoms with Crippen LogP contribution in [0.5, 0.6) is 0 Å². The second-order valence-electron chi connectivity index (χ2n) is 3.59. The van der Waals surface area contributed by atoms with Gasteiger partial charge >= 0.3 is 0 Å². The van der Waals surface area contributed by atoms with E-state index in [2.05, 4.69) is 20.3 Å². The number of anilines is 1. The maximum Gasteiger partial charge on any atom is 0.271 e. The van der Waals surface area contributed by atoms with Gasteiger partial charge < -0.3 is 10.3 Å². The number of aromatic nitrogens is 3. The molecule has 1 unspecified atom stereocenters. The third-order valence-electron chi connectivity index (χ3n) is 2.16. The highest BCUT2D eigenvalue weighted by Gasteiger charge is 2.13. The number of thiazole rings is 1. The van der Waals surface area contributed by atoms with Gasteiger partial charge in [-0.05, 0) is 13.8 Å². The summed E-state index contributed by atoms with van der Waals surface area (Å²) in [4.78, 5) is 22.0. The second-order valence-corrected chi connectivity index (χ2v) is 4.86. The van der Waals surface area contributed by atoms with E-state index in [4.69, 9.17) is 11.6 Å². The van der Waals surface area contributed by atoms with Crippen molar-refractivity contribution in [2.45, 2.75) is 19.9 Å². The van der Waals surface area contributed by atoms with Crippen LogP contribution in [-0.4, -0.2) is 15.0 Å². The van der Waals surface area contributed by atoms with Crippen molar-refractivity contribution in [2.24, 2.45) is 0 Å². The monoisotopic (exact) mass is 270 g/mol. The third kappa shape index (κ3) is 2.65. The van der Waals surface area contributed by atoms with Crippen LogP contribution in [0.1, 0.15) is 23.7 Å². The Morgan fingerprint density at radius 3 is 3.00 bits per heavy atom. The van der Waals surface area contributed by atoms with Gasteiger partial charge in [0, 0.05) is 11.1 Å². The van der Waals surface area contributed by atoms with Gasteiger partial charge in [0.05, 0.1) is 12.4 Å². The van der Waals surface area contributed by atoms with Gasteiger partial charge in [-0.2, -0.15) is 0 Å². The predicted molar refractivity (Wildman–Crippen MR) is 68.8 cm³/mol. The van der Waals surface area contributed by atoms with E-state index in [0.717, 1.165) is 10.7 Å². The van der Waals surface area contributed by atoms with Crippen molar-refractivity contribution in [3.63, 3.8) is 0 Å². The number of aromatic amines is 1. The SMILES string of the molecule is Cc1csc(C(C)Nc2nc[nH]c(=O)c2Cl)n1. The third-order valence-corrected chi connectivity index (χ3v) is 3.65. The first kappa shape index (κ1) is 12.1. The van der Waals surface area contributed by atoms with Crippen LogP contribution in [-0.2, 0) is 0 Å². The number of hydrogen-bond donors (Lipinski definition) is 2. The van der Waals surface area contributed by atoms with E-state index in [9.17, 15) is 4.79 Å². The number of H-pyrrole nitrogens is 1. The molecule has 2 heterocycles. The zero-order chi connectivity index (χ0) is 12.4. The van der Waals surface area contributed by atoms with Crippen molar-refractivity contribution >= 4 is 28.8 Å². The molecular formula is C10H11ClN4OS. The lowest BCUT2D eigenvalue weighted by molar-refractivity contribution is 0.852. The zero-order valence-corrected chi connectivity index (χ0v) is 10.9. The van der Waals surface area contributed by atoms with Crippen LogP contribution in [0.3, 0.4) is 0 Å². The average Bonchev–Trinajstić information content (AvgIpc) is 2.72. The predicted octanol–water partition coefficient (Wildman–Crippen LogP) is 2.36. The molecule has 0 aromatic carbocycles. The van der Waals surface area contributed by atoms with Crippen LogP contribution in [0, 0.1) is 6.92 Å². The maximum atomic E-state index is 11.3. The van der Waals surface area contributed by atoms with Gasteiger partial charge in [-0.1, -0.05) is 11.6 Å². The minimum absolute atomic E-state index is 0.0412. The normalized spacial score (nSPS) is 12.4. The fourth-order valence-corrected chi connectivity index (χ4v) is 2.28. The van der Waals surface area contributed by atoms with E-state index in [1.165, 1.54) is 6.33 Å². The highest BCUT2D eigenvalue weighted by atomic mass is 35.5. The minimum atomic E-state index is -0.355. The maximum absolute atomic E-state index is 11.3. The van der Waals surface area contributed by atoms with Crippen LogP contribution in [0.15, 0.2) is 16.5 Å². The first-order valence-corrected chi connectivity index (χ1v) is 6.25. The molecule has 0 bridgehead atoms. The summed E-state index contributed by atoms with van der Waals surface area (Å²) in [6.45, 7) is 3.88. The number of nitrogens with zero attached hydrogens (tertiary/aromatic N) is 2. The van der Waals surface area contributed by atoms with E-state index in [1.807, 2.05) is 19.2 Å². The Morgan fingerprint density at radius 1 is 1.59 bits per heavy atom. The summed E-state index contributed by atoms with van der Waals surface area (Å²) in [5, 5.41) is 6.03. The summed E-state index contributed by atoms with van der Waals surface area (Å²) in [6, 6.07) is -0.0412. The molecule has 0 fully saturated rings. The van der Waals surface area contributed by atoms with E-state index in [0.29, 0.717) is 5.82 Å². The second kappa shape index (κ2) is 4.85. The quantitative estimate of drug-likeness (QED) is 0.898. The first-order valence-electron chi connectivity index (χ1n) is 4.99. The Balaban J connectivity index is 2.21. The molecule has 2 rings (SSSR count). The molecule has 2 aromatic rings. The molecule has 0 aliphatic rings. The van der Waals surface area contributed by atoms with Crippen LogP contribution < -0.4 is 10.9 Å². The number of rotatable bonds is 3. The fraction of sp³-hybridized carbons (Fsp3) is 0.300. The Kier molecular flexibility index (Phi) is 3.44. The van der Waals surface area contributed by atoms with Crippen molar-refractivity contribution < 1.29 is 0 Å². The Hall–Kier alpha value is -1.40. The molecule has 0 amide bonds. The Labute approximate surface area is 107 Å². The zero-order valence-electron chi connectivity index (χ0n) is 9.32. The molecule has 17 heavy (non-hydrogen) atoms. The van der Waals surface area contributed by atoms with Crippen molar-refractivity contribution in [1.82, 2.24) is 15.0 Å². The summed E-state index contributed by atoms with van der Waals surface area (Å²) in [5.41, 5.74) is 0.621. The number of halogens is 1. The van der Waals surface area contributed by atoms with Gasteiger partial charge in [-0.3, -0.25) is 4.79 Å². The molecule has 90 valence electrons. The largest absolute Gasteiger partial charge is 0.360 e. The van der Waals surface area contributed by atoms with Crippen molar-refractivity contribution in [2.75, 3.05) is 5.32 Å². The summed E-state index contributed by atoms with van der Waals surface area (Å²) >= 11 is 7.40. The van der Waals surface area contributed by atoms with E-state index in [-0.39, 0.29) is 16.6 Å². The smallest absolute Gasteiger partial charge is 0.271 e. The molecule has 1 atom stereocenters. The number of nitrogens with one attached hydrogen (secondary N) is 2. The van der Waals surface area contributed by atoms with Gasteiger partial charge in [-0.15, -0.1) is 11.3 Å². The van der Waals surface area contributed by atoms with Gasteiger partial charge in [0.1, 0.15) is 10.0 Å². The van der Waals surface area contributed by atoms with Crippen LogP contribution in [0.2, 0.25) is 5.02 Å². The van der Waals surface area contributed by atoms with Gasteiger partial charge in [-0.25, -0.2) is 9.97 Å². The van der Waals surface area contributed by atoms with Crippen LogP contribution in [0.25, 0.3) is 0 Å². The standard InChI is InChI=1S/C10H11ClN4OS/c1-5-3-17-10(14-5)6(2)15-8-7(11)9(16)13-4-12-8/h3-4,6H,1-2H3,(H2,12,13,15,16). The number of hydrogen-bond acceptors (Lipinski definition) is 5. The molecule has 7 heteroatoms. The fourth-order valence-electron chi connectivity index (χ4n) is 1.32. The molecule has 0 aliphatic heterocycles. The molecular weight excluding hydrogens is 260 g/mol. The van der Waals surface area contributed by atoms with E-state index < -0.39 is 0 Å². The average molecular weight is 271 g/mol. The van der Waals surface area contributed by atoms with E-state index in [1.54, 1.807) is 11.3 Å². The van der Waals surface area contributed by atoms with Gasteiger partial charge in [0.25, 0.3) is 5.56 Å². The lowest BCUT2D eigenvalue weighted by Gasteiger charge is -2.12.